The van der Waals surface area contributed by atoms with E-state index in [9.17, 15) is 0 Å². The normalized spacial score (nSPS) is 40.3. The van der Waals surface area contributed by atoms with Crippen LogP contribution in [0, 0.1) is 5.92 Å². The van der Waals surface area contributed by atoms with Crippen LogP contribution in [0.2, 0.25) is 0 Å². The Labute approximate surface area is 86.2 Å². The smallest absolute Gasteiger partial charge is 0.117 e. The van der Waals surface area contributed by atoms with Crippen LogP contribution >= 0.6 is 0 Å². The van der Waals surface area contributed by atoms with Gasteiger partial charge in [-0.15, -0.1) is 0 Å². The molecule has 0 bridgehead atoms. The van der Waals surface area contributed by atoms with Gasteiger partial charge in [0.25, 0.3) is 0 Å². The molecule has 0 saturated carbocycles. The fourth-order valence-corrected chi connectivity index (χ4v) is 2.53. The van der Waals surface area contributed by atoms with E-state index in [0.29, 0.717) is 6.04 Å². The van der Waals surface area contributed by atoms with Gasteiger partial charge in [0.2, 0.25) is 0 Å². The Morgan fingerprint density at radius 3 is 2.64 bits per heavy atom. The van der Waals surface area contributed by atoms with Gasteiger partial charge >= 0.3 is 0 Å². The molecule has 0 aromatic heterocycles. The van der Waals surface area contributed by atoms with Crippen molar-refractivity contribution in [2.45, 2.75) is 44.9 Å². The molecule has 2 unspecified atom stereocenters. The first-order chi connectivity index (χ1) is 6.68. The second-order valence-electron chi connectivity index (χ2n) is 4.85. The van der Waals surface area contributed by atoms with E-state index < -0.39 is 0 Å². The molecule has 2 aliphatic heterocycles. The summed E-state index contributed by atoms with van der Waals surface area (Å²) in [6.07, 6.45) is 3.50. The zero-order valence-corrected chi connectivity index (χ0v) is 9.21. The maximum atomic E-state index is 5.80. The summed E-state index contributed by atoms with van der Waals surface area (Å²) < 4.78 is 11.2. The van der Waals surface area contributed by atoms with E-state index in [1.54, 1.807) is 0 Å². The van der Waals surface area contributed by atoms with Gasteiger partial charge in [0, 0.05) is 19.3 Å². The summed E-state index contributed by atoms with van der Waals surface area (Å²) in [6.45, 7) is 7.05. The summed E-state index contributed by atoms with van der Waals surface area (Å²) in [4.78, 5) is 0. The molecule has 3 heteroatoms. The lowest BCUT2D eigenvalue weighted by Gasteiger charge is -2.31. The SMILES string of the molecule is CC1COC(C)(CC2CCOCC2)N1. The monoisotopic (exact) mass is 199 g/mol. The van der Waals surface area contributed by atoms with Crippen LogP contribution in [0.3, 0.4) is 0 Å². The lowest BCUT2D eigenvalue weighted by atomic mass is 9.91. The van der Waals surface area contributed by atoms with Gasteiger partial charge in [0.1, 0.15) is 5.72 Å². The van der Waals surface area contributed by atoms with Crippen LogP contribution in [0.5, 0.6) is 0 Å². The Bertz CT molecular complexity index is 192. The van der Waals surface area contributed by atoms with Crippen molar-refractivity contribution in [3.8, 4) is 0 Å². The van der Waals surface area contributed by atoms with Crippen molar-refractivity contribution < 1.29 is 9.47 Å². The lowest BCUT2D eigenvalue weighted by Crippen LogP contribution is -2.42. The molecule has 1 N–H and O–H groups in total. The Morgan fingerprint density at radius 1 is 1.36 bits per heavy atom. The Hall–Kier alpha value is -0.120. The van der Waals surface area contributed by atoms with Crippen molar-refractivity contribution in [1.82, 2.24) is 5.32 Å². The van der Waals surface area contributed by atoms with Crippen molar-refractivity contribution in [2.24, 2.45) is 5.92 Å². The maximum Gasteiger partial charge on any atom is 0.117 e. The van der Waals surface area contributed by atoms with Crippen molar-refractivity contribution >= 4 is 0 Å². The van der Waals surface area contributed by atoms with Crippen LogP contribution in [0.4, 0.5) is 0 Å². The molecule has 3 nitrogen and oxygen atoms in total. The van der Waals surface area contributed by atoms with Gasteiger partial charge in [-0.2, -0.15) is 0 Å². The quantitative estimate of drug-likeness (QED) is 0.731. The number of rotatable bonds is 2. The molecule has 2 aliphatic rings. The van der Waals surface area contributed by atoms with Crippen molar-refractivity contribution in [3.05, 3.63) is 0 Å². The van der Waals surface area contributed by atoms with E-state index >= 15 is 0 Å². The predicted octanol–water partition coefficient (Wildman–Crippen LogP) is 1.53. The molecule has 0 aliphatic carbocycles. The highest BCUT2D eigenvalue weighted by Crippen LogP contribution is 2.29. The molecule has 0 spiro atoms. The third-order valence-electron chi connectivity index (χ3n) is 3.22. The number of nitrogens with one attached hydrogen (secondary N) is 1. The van der Waals surface area contributed by atoms with E-state index in [2.05, 4.69) is 19.2 Å². The molecular formula is C11H21NO2. The third kappa shape index (κ3) is 2.47. The zero-order chi connectivity index (χ0) is 10.0. The van der Waals surface area contributed by atoms with E-state index in [0.717, 1.165) is 32.2 Å². The molecule has 2 atom stereocenters. The van der Waals surface area contributed by atoms with Crippen LogP contribution in [0.15, 0.2) is 0 Å². The average Bonchev–Trinajstić information content (AvgIpc) is 2.47. The molecule has 2 rings (SSSR count). The summed E-state index contributed by atoms with van der Waals surface area (Å²) in [7, 11) is 0. The summed E-state index contributed by atoms with van der Waals surface area (Å²) in [5.41, 5.74) is -0.0819. The molecular weight excluding hydrogens is 178 g/mol. The van der Waals surface area contributed by atoms with Gasteiger partial charge in [-0.05, 0) is 39.0 Å². The Kier molecular flexibility index (Phi) is 3.10. The van der Waals surface area contributed by atoms with E-state index in [-0.39, 0.29) is 5.72 Å². The van der Waals surface area contributed by atoms with Crippen LogP contribution in [0.25, 0.3) is 0 Å². The number of ether oxygens (including phenoxy) is 2. The van der Waals surface area contributed by atoms with Gasteiger partial charge in [0.15, 0.2) is 0 Å². The second-order valence-corrected chi connectivity index (χ2v) is 4.85. The maximum absolute atomic E-state index is 5.80. The fourth-order valence-electron chi connectivity index (χ4n) is 2.53. The summed E-state index contributed by atoms with van der Waals surface area (Å²) in [5, 5.41) is 3.51. The average molecular weight is 199 g/mol. The zero-order valence-electron chi connectivity index (χ0n) is 9.21. The van der Waals surface area contributed by atoms with Crippen LogP contribution in [-0.4, -0.2) is 31.6 Å². The highest BCUT2D eigenvalue weighted by atomic mass is 16.5. The molecule has 2 saturated heterocycles. The largest absolute Gasteiger partial charge is 0.381 e. The highest BCUT2D eigenvalue weighted by Gasteiger charge is 2.35. The molecule has 2 heterocycles. The van der Waals surface area contributed by atoms with Gasteiger partial charge in [-0.3, -0.25) is 5.32 Å². The third-order valence-corrected chi connectivity index (χ3v) is 3.22. The minimum atomic E-state index is -0.0819. The molecule has 2 fully saturated rings. The van der Waals surface area contributed by atoms with Gasteiger partial charge in [0.05, 0.1) is 6.61 Å². The van der Waals surface area contributed by atoms with Crippen LogP contribution in [0.1, 0.15) is 33.1 Å². The fraction of sp³-hybridized carbons (Fsp3) is 1.00. The van der Waals surface area contributed by atoms with E-state index in [1.807, 2.05) is 0 Å². The second kappa shape index (κ2) is 4.17. The van der Waals surface area contributed by atoms with Crippen molar-refractivity contribution in [2.75, 3.05) is 19.8 Å². The molecule has 82 valence electrons. The van der Waals surface area contributed by atoms with Gasteiger partial charge in [-0.25, -0.2) is 0 Å². The molecule has 0 aromatic carbocycles. The standard InChI is InChI=1S/C11H21NO2/c1-9-8-14-11(2,12-9)7-10-3-5-13-6-4-10/h9-10,12H,3-8H2,1-2H3. The van der Waals surface area contributed by atoms with Crippen LogP contribution < -0.4 is 5.32 Å². The Balaban J connectivity index is 1.83. The summed E-state index contributed by atoms with van der Waals surface area (Å²) in [6, 6.07) is 0.500. The summed E-state index contributed by atoms with van der Waals surface area (Å²) in [5.74, 6) is 0.770. The van der Waals surface area contributed by atoms with E-state index in [1.165, 1.54) is 12.8 Å². The van der Waals surface area contributed by atoms with E-state index in [4.69, 9.17) is 9.47 Å². The number of hydrogen-bond acceptors (Lipinski definition) is 3. The van der Waals surface area contributed by atoms with Crippen molar-refractivity contribution in [1.29, 1.82) is 0 Å². The topological polar surface area (TPSA) is 30.5 Å². The minimum absolute atomic E-state index is 0.0819. The summed E-state index contributed by atoms with van der Waals surface area (Å²) >= 11 is 0. The number of hydrogen-bond donors (Lipinski definition) is 1. The molecule has 0 amide bonds. The first-order valence-corrected chi connectivity index (χ1v) is 5.67. The van der Waals surface area contributed by atoms with Gasteiger partial charge < -0.3 is 9.47 Å². The molecule has 0 aromatic rings. The lowest BCUT2D eigenvalue weighted by molar-refractivity contribution is -0.0313. The predicted molar refractivity (Wildman–Crippen MR) is 55.1 cm³/mol. The minimum Gasteiger partial charge on any atom is -0.381 e. The first-order valence-electron chi connectivity index (χ1n) is 5.67. The molecule has 14 heavy (non-hydrogen) atoms. The van der Waals surface area contributed by atoms with Gasteiger partial charge in [-0.1, -0.05) is 0 Å². The van der Waals surface area contributed by atoms with Crippen molar-refractivity contribution in [3.63, 3.8) is 0 Å². The van der Waals surface area contributed by atoms with Crippen LogP contribution in [-0.2, 0) is 9.47 Å². The Morgan fingerprint density at radius 2 is 2.07 bits per heavy atom. The molecule has 0 radical (unpaired) electrons. The highest BCUT2D eigenvalue weighted by molar-refractivity contribution is 4.85. The first kappa shape index (κ1) is 10.4.